The molecular formula is C6H11NO3. The molecule has 3 N–H and O–H groups in total. The van der Waals surface area contributed by atoms with Gasteiger partial charge in [0.05, 0.1) is 12.0 Å². The van der Waals surface area contributed by atoms with Crippen molar-refractivity contribution in [3.05, 3.63) is 0 Å². The van der Waals surface area contributed by atoms with Gasteiger partial charge in [-0.05, 0) is 6.92 Å². The van der Waals surface area contributed by atoms with Crippen LogP contribution in [0.4, 0.5) is 0 Å². The molecule has 0 spiro atoms. The molecule has 0 saturated carbocycles. The minimum atomic E-state index is -0.927. The lowest BCUT2D eigenvalue weighted by atomic mass is 10.0. The Morgan fingerprint density at radius 3 is 2.50 bits per heavy atom. The highest BCUT2D eigenvalue weighted by atomic mass is 16.4. The van der Waals surface area contributed by atoms with Crippen LogP contribution in [-0.4, -0.2) is 34.9 Å². The van der Waals surface area contributed by atoms with Crippen LogP contribution in [0.1, 0.15) is 6.92 Å². The van der Waals surface area contributed by atoms with Crippen molar-refractivity contribution < 1.29 is 15.0 Å². The van der Waals surface area contributed by atoms with Gasteiger partial charge in [-0.2, -0.15) is 0 Å². The van der Waals surface area contributed by atoms with Crippen LogP contribution in [0.5, 0.6) is 0 Å². The summed E-state index contributed by atoms with van der Waals surface area (Å²) < 4.78 is 0. The molecule has 1 rings (SSSR count). The van der Waals surface area contributed by atoms with Gasteiger partial charge < -0.3 is 15.5 Å². The fourth-order valence-electron chi connectivity index (χ4n) is 1.14. The van der Waals surface area contributed by atoms with E-state index in [9.17, 15) is 9.90 Å². The molecule has 58 valence electrons. The Morgan fingerprint density at radius 1 is 1.70 bits per heavy atom. The summed E-state index contributed by atoms with van der Waals surface area (Å²) >= 11 is 0. The predicted molar refractivity (Wildman–Crippen MR) is 34.6 cm³/mol. The van der Waals surface area contributed by atoms with Crippen LogP contribution >= 0.6 is 0 Å². The highest BCUT2D eigenvalue weighted by molar-refractivity contribution is 5.71. The molecule has 4 nitrogen and oxygen atoms in total. The van der Waals surface area contributed by atoms with Gasteiger partial charge in [-0.3, -0.25) is 4.79 Å². The third kappa shape index (κ3) is 1.12. The van der Waals surface area contributed by atoms with Gasteiger partial charge in [-0.15, -0.1) is 0 Å². The first-order valence-corrected chi connectivity index (χ1v) is 3.27. The second-order valence-corrected chi connectivity index (χ2v) is 2.63. The van der Waals surface area contributed by atoms with E-state index in [1.165, 1.54) is 0 Å². The van der Waals surface area contributed by atoms with Crippen molar-refractivity contribution in [2.75, 3.05) is 6.54 Å². The molecule has 0 amide bonds. The molecule has 0 aromatic rings. The average molecular weight is 145 g/mol. The summed E-state index contributed by atoms with van der Waals surface area (Å²) in [4.78, 5) is 10.4. The molecule has 1 unspecified atom stereocenters. The van der Waals surface area contributed by atoms with Gasteiger partial charge in [-0.25, -0.2) is 0 Å². The number of carbonyl (C=O) groups is 1. The smallest absolute Gasteiger partial charge is 0.310 e. The lowest BCUT2D eigenvalue weighted by Crippen LogP contribution is -2.30. The Hall–Kier alpha value is -0.610. The van der Waals surface area contributed by atoms with Gasteiger partial charge >= 0.3 is 5.97 Å². The number of carboxylic acids is 1. The van der Waals surface area contributed by atoms with E-state index in [2.05, 4.69) is 5.32 Å². The number of aliphatic hydroxyl groups is 1. The van der Waals surface area contributed by atoms with Crippen LogP contribution in [0.25, 0.3) is 0 Å². The molecule has 1 aliphatic rings. The predicted octanol–water partition coefficient (Wildman–Crippen LogP) is -0.960. The van der Waals surface area contributed by atoms with E-state index >= 15 is 0 Å². The van der Waals surface area contributed by atoms with Crippen LogP contribution in [0, 0.1) is 5.92 Å². The summed E-state index contributed by atoms with van der Waals surface area (Å²) in [5.41, 5.74) is 0. The Kier molecular flexibility index (Phi) is 1.92. The third-order valence-electron chi connectivity index (χ3n) is 1.90. The fourth-order valence-corrected chi connectivity index (χ4v) is 1.14. The zero-order chi connectivity index (χ0) is 7.72. The monoisotopic (exact) mass is 145 g/mol. The van der Waals surface area contributed by atoms with E-state index in [1.807, 2.05) is 0 Å². The van der Waals surface area contributed by atoms with Crippen molar-refractivity contribution in [3.63, 3.8) is 0 Å². The van der Waals surface area contributed by atoms with E-state index in [1.54, 1.807) is 6.92 Å². The number of aliphatic carboxylic acids is 1. The van der Waals surface area contributed by atoms with Crippen LogP contribution in [0.2, 0.25) is 0 Å². The molecule has 1 heterocycles. The molecule has 4 heteroatoms. The zero-order valence-corrected chi connectivity index (χ0v) is 5.74. The summed E-state index contributed by atoms with van der Waals surface area (Å²) in [6.07, 6.45) is -0.738. The van der Waals surface area contributed by atoms with Gasteiger partial charge in [0.25, 0.3) is 0 Å². The van der Waals surface area contributed by atoms with E-state index in [-0.39, 0.29) is 6.04 Å². The molecule has 3 atom stereocenters. The van der Waals surface area contributed by atoms with Gasteiger partial charge in [0.15, 0.2) is 0 Å². The minimum Gasteiger partial charge on any atom is -0.481 e. The fraction of sp³-hybridized carbons (Fsp3) is 0.833. The number of hydrogen-bond acceptors (Lipinski definition) is 3. The Labute approximate surface area is 58.9 Å². The van der Waals surface area contributed by atoms with Crippen molar-refractivity contribution >= 4 is 5.97 Å². The van der Waals surface area contributed by atoms with E-state index < -0.39 is 18.0 Å². The number of carboxylic acid groups (broad SMARTS) is 1. The van der Waals surface area contributed by atoms with Gasteiger partial charge in [-0.1, -0.05) is 0 Å². The van der Waals surface area contributed by atoms with E-state index in [4.69, 9.17) is 5.11 Å². The minimum absolute atomic E-state index is 0.0962. The summed E-state index contributed by atoms with van der Waals surface area (Å²) in [6.45, 7) is 2.14. The maximum Gasteiger partial charge on any atom is 0.310 e. The van der Waals surface area contributed by atoms with Crippen LogP contribution < -0.4 is 5.32 Å². The molecule has 0 aromatic heterocycles. The molecule has 1 saturated heterocycles. The van der Waals surface area contributed by atoms with Crippen molar-refractivity contribution in [2.45, 2.75) is 19.1 Å². The highest BCUT2D eigenvalue weighted by Gasteiger charge is 2.36. The first kappa shape index (κ1) is 7.50. The second kappa shape index (κ2) is 2.56. The summed E-state index contributed by atoms with van der Waals surface area (Å²) in [5.74, 6) is -1.56. The Morgan fingerprint density at radius 2 is 2.30 bits per heavy atom. The van der Waals surface area contributed by atoms with Gasteiger partial charge in [0, 0.05) is 12.6 Å². The largest absolute Gasteiger partial charge is 0.481 e. The molecule has 10 heavy (non-hydrogen) atoms. The maximum absolute atomic E-state index is 10.4. The quantitative estimate of drug-likeness (QED) is 0.444. The standard InChI is InChI=1S/C6H11NO3/c1-3-5(8)4(2-7-3)6(9)10/h3-5,7-8H,2H2,1H3,(H,9,10)/t3?,4-,5-/m1/s1. The lowest BCUT2D eigenvalue weighted by molar-refractivity contribution is -0.144. The number of hydrogen-bond donors (Lipinski definition) is 3. The van der Waals surface area contributed by atoms with Crippen LogP contribution in [-0.2, 0) is 4.79 Å². The van der Waals surface area contributed by atoms with Crippen molar-refractivity contribution in [1.82, 2.24) is 5.32 Å². The van der Waals surface area contributed by atoms with E-state index in [0.29, 0.717) is 6.54 Å². The van der Waals surface area contributed by atoms with Crippen LogP contribution in [0.15, 0.2) is 0 Å². The van der Waals surface area contributed by atoms with Crippen molar-refractivity contribution in [2.24, 2.45) is 5.92 Å². The van der Waals surface area contributed by atoms with Crippen molar-refractivity contribution in [1.29, 1.82) is 0 Å². The Balaban J connectivity index is 2.57. The average Bonchev–Trinajstić information content (AvgIpc) is 2.14. The molecular weight excluding hydrogens is 134 g/mol. The first-order chi connectivity index (χ1) is 4.63. The Bertz CT molecular complexity index is 148. The lowest BCUT2D eigenvalue weighted by Gasteiger charge is -2.10. The summed E-state index contributed by atoms with van der Waals surface area (Å²) in [6, 6.07) is -0.0962. The van der Waals surface area contributed by atoms with E-state index in [0.717, 1.165) is 0 Å². The van der Waals surface area contributed by atoms with Crippen LogP contribution in [0.3, 0.4) is 0 Å². The van der Waals surface area contributed by atoms with Crippen molar-refractivity contribution in [3.8, 4) is 0 Å². The molecule has 0 aromatic carbocycles. The second-order valence-electron chi connectivity index (χ2n) is 2.63. The van der Waals surface area contributed by atoms with Gasteiger partial charge in [0.1, 0.15) is 0 Å². The SMILES string of the molecule is CC1NC[C@@H](C(=O)O)[C@@H]1O. The highest BCUT2D eigenvalue weighted by Crippen LogP contribution is 2.14. The summed E-state index contributed by atoms with van der Waals surface area (Å²) in [5, 5.41) is 20.6. The molecule has 0 radical (unpaired) electrons. The molecule has 1 aliphatic heterocycles. The number of rotatable bonds is 1. The normalized spacial score (nSPS) is 40.0. The zero-order valence-electron chi connectivity index (χ0n) is 5.74. The molecule has 0 aliphatic carbocycles. The first-order valence-electron chi connectivity index (χ1n) is 3.27. The molecule has 0 bridgehead atoms. The topological polar surface area (TPSA) is 69.6 Å². The third-order valence-corrected chi connectivity index (χ3v) is 1.90. The summed E-state index contributed by atoms with van der Waals surface area (Å²) in [7, 11) is 0. The number of aliphatic hydroxyl groups excluding tert-OH is 1. The molecule has 1 fully saturated rings. The maximum atomic E-state index is 10.4. The van der Waals surface area contributed by atoms with Gasteiger partial charge in [0.2, 0.25) is 0 Å². The number of nitrogens with one attached hydrogen (secondary N) is 1.